The Kier molecular flexibility index (Phi) is 3.65. The molecule has 1 aromatic rings. The fourth-order valence-electron chi connectivity index (χ4n) is 2.64. The summed E-state index contributed by atoms with van der Waals surface area (Å²) in [5.41, 5.74) is 7.91. The molecule has 3 nitrogen and oxygen atoms in total. The molecule has 0 saturated heterocycles. The molecule has 1 fully saturated rings. The standard InChI is InChI=1S/C15H15N3/c16-9-14(15(18)10-17)13-8-4-3-7-12(13)11-5-1-2-6-11/h3-4,7-8,11H,1-2,5-6,18H2/b15-14+. The summed E-state index contributed by atoms with van der Waals surface area (Å²) in [6, 6.07) is 11.7. The molecule has 1 aromatic carbocycles. The van der Waals surface area contributed by atoms with Gasteiger partial charge in [-0.25, -0.2) is 0 Å². The number of hydrogen-bond acceptors (Lipinski definition) is 3. The first-order chi connectivity index (χ1) is 8.77. The van der Waals surface area contributed by atoms with Gasteiger partial charge in [0.1, 0.15) is 17.8 Å². The molecule has 1 aliphatic carbocycles. The summed E-state index contributed by atoms with van der Waals surface area (Å²) in [6.07, 6.45) is 4.78. The van der Waals surface area contributed by atoms with E-state index in [2.05, 4.69) is 6.07 Å². The van der Waals surface area contributed by atoms with Crippen LogP contribution in [0.3, 0.4) is 0 Å². The van der Waals surface area contributed by atoms with E-state index in [9.17, 15) is 5.26 Å². The second-order valence-corrected chi connectivity index (χ2v) is 4.58. The number of benzene rings is 1. The van der Waals surface area contributed by atoms with Gasteiger partial charge in [0.2, 0.25) is 0 Å². The maximum absolute atomic E-state index is 9.21. The monoisotopic (exact) mass is 237 g/mol. The van der Waals surface area contributed by atoms with Crippen LogP contribution in [0.25, 0.3) is 5.57 Å². The number of nitrogens with two attached hydrogens (primary N) is 1. The Labute approximate surface area is 107 Å². The predicted octanol–water partition coefficient (Wildman–Crippen LogP) is 3.06. The maximum Gasteiger partial charge on any atom is 0.129 e. The fraction of sp³-hybridized carbons (Fsp3) is 0.333. The van der Waals surface area contributed by atoms with Crippen molar-refractivity contribution in [3.63, 3.8) is 0 Å². The number of hydrogen-bond donors (Lipinski definition) is 1. The van der Waals surface area contributed by atoms with Gasteiger partial charge in [0.15, 0.2) is 0 Å². The summed E-state index contributed by atoms with van der Waals surface area (Å²) in [7, 11) is 0. The largest absolute Gasteiger partial charge is 0.389 e. The normalized spacial score (nSPS) is 16.8. The summed E-state index contributed by atoms with van der Waals surface area (Å²) >= 11 is 0. The first kappa shape index (κ1) is 12.2. The molecule has 2 N–H and O–H groups in total. The van der Waals surface area contributed by atoms with E-state index in [-0.39, 0.29) is 5.70 Å². The maximum atomic E-state index is 9.21. The van der Waals surface area contributed by atoms with Gasteiger partial charge in [0, 0.05) is 0 Å². The van der Waals surface area contributed by atoms with Crippen LogP contribution in [-0.2, 0) is 0 Å². The van der Waals surface area contributed by atoms with E-state index in [4.69, 9.17) is 11.0 Å². The predicted molar refractivity (Wildman–Crippen MR) is 70.0 cm³/mol. The van der Waals surface area contributed by atoms with Crippen LogP contribution in [0.2, 0.25) is 0 Å². The molecule has 0 amide bonds. The molecule has 0 heterocycles. The summed E-state index contributed by atoms with van der Waals surface area (Å²) < 4.78 is 0. The van der Waals surface area contributed by atoms with E-state index in [1.54, 1.807) is 0 Å². The first-order valence-corrected chi connectivity index (χ1v) is 6.17. The minimum absolute atomic E-state index is 0.00273. The average molecular weight is 237 g/mol. The van der Waals surface area contributed by atoms with Gasteiger partial charge in [-0.2, -0.15) is 10.5 Å². The topological polar surface area (TPSA) is 73.6 Å². The summed E-state index contributed by atoms with van der Waals surface area (Å²) in [4.78, 5) is 0. The third-order valence-electron chi connectivity index (χ3n) is 3.53. The van der Waals surface area contributed by atoms with Crippen molar-refractivity contribution in [1.29, 1.82) is 10.5 Å². The van der Waals surface area contributed by atoms with E-state index in [1.807, 2.05) is 30.3 Å². The van der Waals surface area contributed by atoms with E-state index in [0.29, 0.717) is 11.5 Å². The van der Waals surface area contributed by atoms with E-state index < -0.39 is 0 Å². The summed E-state index contributed by atoms with van der Waals surface area (Å²) in [5, 5.41) is 18.1. The Morgan fingerprint density at radius 2 is 1.78 bits per heavy atom. The lowest BCUT2D eigenvalue weighted by Gasteiger charge is -2.14. The smallest absolute Gasteiger partial charge is 0.129 e. The fourth-order valence-corrected chi connectivity index (χ4v) is 2.64. The zero-order chi connectivity index (χ0) is 13.0. The Balaban J connectivity index is 2.52. The van der Waals surface area contributed by atoms with Crippen molar-refractivity contribution in [2.24, 2.45) is 5.73 Å². The third-order valence-corrected chi connectivity index (χ3v) is 3.53. The summed E-state index contributed by atoms with van der Waals surface area (Å²) in [6.45, 7) is 0. The van der Waals surface area contributed by atoms with Crippen molar-refractivity contribution in [2.45, 2.75) is 31.6 Å². The van der Waals surface area contributed by atoms with Gasteiger partial charge < -0.3 is 5.73 Å². The van der Waals surface area contributed by atoms with Crippen LogP contribution in [0.4, 0.5) is 0 Å². The van der Waals surface area contributed by atoms with Crippen LogP contribution in [0.1, 0.15) is 42.7 Å². The van der Waals surface area contributed by atoms with Gasteiger partial charge in [0.05, 0.1) is 5.57 Å². The SMILES string of the molecule is N#C/C(N)=C(/C#N)c1ccccc1C1CCCC1. The first-order valence-electron chi connectivity index (χ1n) is 6.17. The van der Waals surface area contributed by atoms with Gasteiger partial charge in [0.25, 0.3) is 0 Å². The van der Waals surface area contributed by atoms with Crippen LogP contribution in [-0.4, -0.2) is 0 Å². The lowest BCUT2D eigenvalue weighted by molar-refractivity contribution is 0.721. The van der Waals surface area contributed by atoms with Gasteiger partial charge >= 0.3 is 0 Å². The molecule has 90 valence electrons. The molecule has 0 radical (unpaired) electrons. The second-order valence-electron chi connectivity index (χ2n) is 4.58. The van der Waals surface area contributed by atoms with Gasteiger partial charge in [-0.3, -0.25) is 0 Å². The van der Waals surface area contributed by atoms with Crippen molar-refractivity contribution in [1.82, 2.24) is 0 Å². The minimum atomic E-state index is 0.00273. The quantitative estimate of drug-likeness (QED) is 0.803. The highest BCUT2D eigenvalue weighted by atomic mass is 14.6. The number of rotatable bonds is 2. The van der Waals surface area contributed by atoms with Crippen LogP contribution < -0.4 is 5.73 Å². The highest BCUT2D eigenvalue weighted by Gasteiger charge is 2.21. The Morgan fingerprint density at radius 3 is 2.39 bits per heavy atom. The zero-order valence-corrected chi connectivity index (χ0v) is 10.2. The highest BCUT2D eigenvalue weighted by Crippen LogP contribution is 2.37. The lowest BCUT2D eigenvalue weighted by atomic mass is 9.89. The molecule has 0 aromatic heterocycles. The number of nitrogens with zero attached hydrogens (tertiary/aromatic N) is 2. The lowest BCUT2D eigenvalue weighted by Crippen LogP contribution is -2.03. The van der Waals surface area contributed by atoms with Crippen LogP contribution in [0.15, 0.2) is 30.0 Å². The van der Waals surface area contributed by atoms with Crippen molar-refractivity contribution in [2.75, 3.05) is 0 Å². The Hall–Kier alpha value is -2.26. The van der Waals surface area contributed by atoms with Crippen molar-refractivity contribution < 1.29 is 0 Å². The molecule has 0 atom stereocenters. The molecule has 1 aliphatic rings. The number of nitriles is 2. The molecule has 18 heavy (non-hydrogen) atoms. The van der Waals surface area contributed by atoms with Crippen molar-refractivity contribution >= 4 is 5.57 Å². The van der Waals surface area contributed by atoms with E-state index in [0.717, 1.165) is 24.0 Å². The van der Waals surface area contributed by atoms with Gasteiger partial charge in [-0.1, -0.05) is 37.1 Å². The Bertz CT molecular complexity index is 552. The van der Waals surface area contributed by atoms with E-state index in [1.165, 1.54) is 12.8 Å². The van der Waals surface area contributed by atoms with Crippen molar-refractivity contribution in [3.05, 3.63) is 41.1 Å². The summed E-state index contributed by atoms with van der Waals surface area (Å²) in [5.74, 6) is 0.496. The molecule has 0 spiro atoms. The Morgan fingerprint density at radius 1 is 1.11 bits per heavy atom. The van der Waals surface area contributed by atoms with Gasteiger partial charge in [-0.15, -0.1) is 0 Å². The molecule has 2 rings (SSSR count). The molecule has 3 heteroatoms. The minimum Gasteiger partial charge on any atom is -0.389 e. The zero-order valence-electron chi connectivity index (χ0n) is 10.2. The molecular formula is C15H15N3. The number of allylic oxidation sites excluding steroid dienone is 2. The van der Waals surface area contributed by atoms with E-state index >= 15 is 0 Å². The van der Waals surface area contributed by atoms with Crippen LogP contribution in [0, 0.1) is 22.7 Å². The second kappa shape index (κ2) is 5.38. The van der Waals surface area contributed by atoms with Crippen molar-refractivity contribution in [3.8, 4) is 12.1 Å². The third kappa shape index (κ3) is 2.21. The van der Waals surface area contributed by atoms with Gasteiger partial charge in [-0.05, 0) is 29.9 Å². The van der Waals surface area contributed by atoms with Crippen LogP contribution >= 0.6 is 0 Å². The molecule has 0 bridgehead atoms. The average Bonchev–Trinajstić information content (AvgIpc) is 2.94. The van der Waals surface area contributed by atoms with Crippen LogP contribution in [0.5, 0.6) is 0 Å². The molecule has 0 unspecified atom stereocenters. The molecule has 0 aliphatic heterocycles. The highest BCUT2D eigenvalue weighted by molar-refractivity contribution is 5.82. The molecular weight excluding hydrogens is 222 g/mol. The molecule has 1 saturated carbocycles.